The van der Waals surface area contributed by atoms with Crippen molar-refractivity contribution >= 4 is 33.9 Å². The lowest BCUT2D eigenvalue weighted by atomic mass is 9.95. The fourth-order valence-electron chi connectivity index (χ4n) is 4.26. The molecule has 3 aromatic carbocycles. The minimum atomic E-state index is -0.783. The van der Waals surface area contributed by atoms with Gasteiger partial charge in [0, 0.05) is 17.1 Å². The Hall–Kier alpha value is -4.23. The number of ether oxygens (including phenoxy) is 1. The number of rotatable bonds is 6. The fraction of sp³-hybridized carbons (Fsp3) is 0.138. The van der Waals surface area contributed by atoms with E-state index in [1.165, 1.54) is 16.2 Å². The van der Waals surface area contributed by atoms with Gasteiger partial charge in [0.1, 0.15) is 18.1 Å². The van der Waals surface area contributed by atoms with Gasteiger partial charge in [-0.1, -0.05) is 59.7 Å². The number of aliphatic hydroxyl groups excluding tert-OH is 1. The lowest BCUT2D eigenvalue weighted by Gasteiger charge is -2.23. The van der Waals surface area contributed by atoms with Crippen LogP contribution in [-0.2, 0) is 16.2 Å². The lowest BCUT2D eigenvalue weighted by Crippen LogP contribution is -2.29. The van der Waals surface area contributed by atoms with Crippen molar-refractivity contribution in [2.24, 2.45) is 0 Å². The summed E-state index contributed by atoms with van der Waals surface area (Å²) in [6.07, 6.45) is 1.58. The third-order valence-electron chi connectivity index (χ3n) is 6.08. The van der Waals surface area contributed by atoms with Gasteiger partial charge in [-0.2, -0.15) is 0 Å². The molecule has 0 bridgehead atoms. The summed E-state index contributed by atoms with van der Waals surface area (Å²) in [7, 11) is 0. The highest BCUT2D eigenvalue weighted by Crippen LogP contribution is 2.42. The van der Waals surface area contributed by atoms with Crippen LogP contribution in [0.3, 0.4) is 0 Å². The minimum Gasteiger partial charge on any atom is -0.507 e. The maximum atomic E-state index is 13.2. The molecule has 1 fully saturated rings. The summed E-state index contributed by atoms with van der Waals surface area (Å²) in [4.78, 5) is 31.9. The number of aromatic nitrogens is 1. The summed E-state index contributed by atoms with van der Waals surface area (Å²) >= 11 is 1.26. The second-order valence-electron chi connectivity index (χ2n) is 8.70. The summed E-state index contributed by atoms with van der Waals surface area (Å²) in [5.74, 6) is -1.06. The molecule has 7 heteroatoms. The molecule has 0 aliphatic carbocycles. The quantitative estimate of drug-likeness (QED) is 0.202. The van der Waals surface area contributed by atoms with E-state index in [0.717, 1.165) is 22.3 Å². The van der Waals surface area contributed by atoms with Crippen LogP contribution in [0.15, 0.2) is 89.9 Å². The van der Waals surface area contributed by atoms with Gasteiger partial charge in [-0.25, -0.2) is 4.98 Å². The SMILES string of the molecule is Cc1ccc([C@H]2C(=C(O)c3ccc(OCc4cccc(C)c4)cc3)C(=O)C(=O)N2c2nccs2)cc1. The number of ketones is 1. The third-order valence-corrected chi connectivity index (χ3v) is 6.85. The largest absolute Gasteiger partial charge is 0.507 e. The van der Waals surface area contributed by atoms with Crippen LogP contribution in [0.4, 0.5) is 5.13 Å². The summed E-state index contributed by atoms with van der Waals surface area (Å²) in [6.45, 7) is 4.41. The van der Waals surface area contributed by atoms with Crippen molar-refractivity contribution in [1.29, 1.82) is 0 Å². The summed E-state index contributed by atoms with van der Waals surface area (Å²) < 4.78 is 5.88. The molecule has 1 amide bonds. The van der Waals surface area contributed by atoms with E-state index < -0.39 is 17.7 Å². The van der Waals surface area contributed by atoms with E-state index in [1.807, 2.05) is 56.3 Å². The van der Waals surface area contributed by atoms with E-state index in [0.29, 0.717) is 23.1 Å². The number of hydrogen-bond donors (Lipinski definition) is 1. The van der Waals surface area contributed by atoms with Crippen molar-refractivity contribution in [2.45, 2.75) is 26.5 Å². The van der Waals surface area contributed by atoms with Crippen molar-refractivity contribution in [3.63, 3.8) is 0 Å². The molecule has 1 aliphatic rings. The number of aliphatic hydroxyl groups is 1. The van der Waals surface area contributed by atoms with Crippen LogP contribution < -0.4 is 9.64 Å². The molecule has 0 saturated carbocycles. The predicted octanol–water partition coefficient (Wildman–Crippen LogP) is 5.97. The average molecular weight is 497 g/mol. The Labute approximate surface area is 213 Å². The summed E-state index contributed by atoms with van der Waals surface area (Å²) in [5, 5.41) is 13.4. The molecule has 36 heavy (non-hydrogen) atoms. The number of benzene rings is 3. The number of nitrogens with zero attached hydrogens (tertiary/aromatic N) is 2. The van der Waals surface area contributed by atoms with Crippen LogP contribution in [-0.4, -0.2) is 21.8 Å². The highest BCUT2D eigenvalue weighted by molar-refractivity contribution is 7.14. The monoisotopic (exact) mass is 496 g/mol. The van der Waals surface area contributed by atoms with Gasteiger partial charge in [0.15, 0.2) is 5.13 Å². The first-order chi connectivity index (χ1) is 17.4. The van der Waals surface area contributed by atoms with Gasteiger partial charge in [0.25, 0.3) is 5.78 Å². The zero-order chi connectivity index (χ0) is 25.2. The van der Waals surface area contributed by atoms with Gasteiger partial charge in [0.05, 0.1) is 11.6 Å². The molecule has 0 spiro atoms. The molecule has 0 unspecified atom stereocenters. The number of carbonyl (C=O) groups is 2. The topological polar surface area (TPSA) is 79.7 Å². The molecule has 2 heterocycles. The van der Waals surface area contributed by atoms with Crippen LogP contribution in [0.1, 0.15) is 33.9 Å². The number of carbonyl (C=O) groups excluding carboxylic acids is 2. The highest BCUT2D eigenvalue weighted by Gasteiger charge is 2.47. The van der Waals surface area contributed by atoms with Crippen molar-refractivity contribution in [1.82, 2.24) is 4.98 Å². The number of hydrogen-bond acceptors (Lipinski definition) is 6. The maximum Gasteiger partial charge on any atom is 0.301 e. The molecule has 4 aromatic rings. The second-order valence-corrected chi connectivity index (χ2v) is 9.57. The average Bonchev–Trinajstić information content (AvgIpc) is 3.50. The Balaban J connectivity index is 1.48. The van der Waals surface area contributed by atoms with Crippen LogP contribution >= 0.6 is 11.3 Å². The number of thiazole rings is 1. The Bertz CT molecular complexity index is 1440. The molecule has 1 aromatic heterocycles. The molecular weight excluding hydrogens is 472 g/mol. The summed E-state index contributed by atoms with van der Waals surface area (Å²) in [5.41, 5.74) is 4.44. The van der Waals surface area contributed by atoms with Crippen LogP contribution in [0.5, 0.6) is 5.75 Å². The smallest absolute Gasteiger partial charge is 0.301 e. The molecule has 1 saturated heterocycles. The van der Waals surface area contributed by atoms with Gasteiger partial charge in [-0.3, -0.25) is 14.5 Å². The Kier molecular flexibility index (Phi) is 6.40. The first-order valence-electron chi connectivity index (χ1n) is 11.5. The molecule has 0 radical (unpaired) electrons. The van der Waals surface area contributed by atoms with Gasteiger partial charge in [-0.05, 0) is 49.2 Å². The Morgan fingerprint density at radius 1 is 1.00 bits per heavy atom. The van der Waals surface area contributed by atoms with Crippen molar-refractivity contribution < 1.29 is 19.4 Å². The number of Topliss-reactive ketones (excluding diaryl/α,β-unsaturated/α-hetero) is 1. The maximum absolute atomic E-state index is 13.2. The lowest BCUT2D eigenvalue weighted by molar-refractivity contribution is -0.132. The van der Waals surface area contributed by atoms with E-state index in [2.05, 4.69) is 11.1 Å². The van der Waals surface area contributed by atoms with Crippen molar-refractivity contribution in [3.05, 3.63) is 118 Å². The molecule has 180 valence electrons. The normalized spacial score (nSPS) is 16.9. The molecule has 1 atom stereocenters. The molecule has 6 nitrogen and oxygen atoms in total. The van der Waals surface area contributed by atoms with Crippen LogP contribution in [0.2, 0.25) is 0 Å². The standard InChI is InChI=1S/C29H24N2O4S/c1-18-6-8-21(9-7-18)25-24(27(33)28(34)31(25)29-30-14-15-36-29)26(32)22-10-12-23(13-11-22)35-17-20-5-3-4-19(2)16-20/h3-16,25,32H,17H2,1-2H3/t25-/m0/s1. The predicted molar refractivity (Wildman–Crippen MR) is 140 cm³/mol. The first kappa shape index (κ1) is 23.5. The zero-order valence-corrected chi connectivity index (χ0v) is 20.7. The molecule has 1 N–H and O–H groups in total. The summed E-state index contributed by atoms with van der Waals surface area (Å²) in [6, 6.07) is 21.7. The van der Waals surface area contributed by atoms with Crippen molar-refractivity contribution in [2.75, 3.05) is 4.90 Å². The van der Waals surface area contributed by atoms with Gasteiger partial charge >= 0.3 is 5.91 Å². The highest BCUT2D eigenvalue weighted by atomic mass is 32.1. The van der Waals surface area contributed by atoms with Gasteiger partial charge in [0.2, 0.25) is 0 Å². The number of amides is 1. The molecule has 5 rings (SSSR count). The zero-order valence-electron chi connectivity index (χ0n) is 19.8. The third kappa shape index (κ3) is 4.53. The number of aryl methyl sites for hydroxylation is 2. The fourth-order valence-corrected chi connectivity index (χ4v) is 4.93. The Morgan fingerprint density at radius 3 is 2.42 bits per heavy atom. The second kappa shape index (κ2) is 9.79. The van der Waals surface area contributed by atoms with Crippen LogP contribution in [0.25, 0.3) is 5.76 Å². The minimum absolute atomic E-state index is 0.0347. The van der Waals surface area contributed by atoms with E-state index in [-0.39, 0.29) is 11.3 Å². The van der Waals surface area contributed by atoms with Gasteiger partial charge < -0.3 is 9.84 Å². The first-order valence-corrected chi connectivity index (χ1v) is 12.4. The van der Waals surface area contributed by atoms with Gasteiger partial charge in [-0.15, -0.1) is 11.3 Å². The van der Waals surface area contributed by atoms with E-state index >= 15 is 0 Å². The van der Waals surface area contributed by atoms with Crippen LogP contribution in [0, 0.1) is 13.8 Å². The van der Waals surface area contributed by atoms with E-state index in [1.54, 1.807) is 35.8 Å². The molecular formula is C29H24N2O4S. The number of anilines is 1. The Morgan fingerprint density at radius 2 is 1.75 bits per heavy atom. The van der Waals surface area contributed by atoms with Crippen molar-refractivity contribution in [3.8, 4) is 5.75 Å². The van der Waals surface area contributed by atoms with E-state index in [9.17, 15) is 14.7 Å². The van der Waals surface area contributed by atoms with E-state index in [4.69, 9.17) is 4.74 Å². The molecule has 1 aliphatic heterocycles.